The van der Waals surface area contributed by atoms with Crippen LogP contribution in [-0.4, -0.2) is 19.3 Å². The molecule has 18 heavy (non-hydrogen) atoms. The third-order valence-corrected chi connectivity index (χ3v) is 4.70. The molecule has 2 rings (SSSR count). The van der Waals surface area contributed by atoms with Crippen molar-refractivity contribution in [3.63, 3.8) is 0 Å². The van der Waals surface area contributed by atoms with Gasteiger partial charge >= 0.3 is 0 Å². The smallest absolute Gasteiger partial charge is 0.0931 e. The van der Waals surface area contributed by atoms with Gasteiger partial charge in [-0.05, 0) is 50.8 Å². The van der Waals surface area contributed by atoms with Crippen LogP contribution in [0.1, 0.15) is 49.9 Å². The first kappa shape index (κ1) is 14.3. The molecule has 102 valence electrons. The highest BCUT2D eigenvalue weighted by molar-refractivity contribution is 7.16. The van der Waals surface area contributed by atoms with E-state index in [1.54, 1.807) is 11.3 Å². The van der Waals surface area contributed by atoms with Gasteiger partial charge in [-0.15, -0.1) is 11.3 Å². The van der Waals surface area contributed by atoms with Crippen LogP contribution >= 0.6 is 22.9 Å². The Morgan fingerprint density at radius 3 is 3.00 bits per heavy atom. The number of hydrogen-bond acceptors (Lipinski definition) is 3. The van der Waals surface area contributed by atoms with Crippen LogP contribution in [0.5, 0.6) is 0 Å². The van der Waals surface area contributed by atoms with Crippen LogP contribution in [-0.2, 0) is 4.74 Å². The monoisotopic (exact) mass is 287 g/mol. The van der Waals surface area contributed by atoms with Crippen LogP contribution in [0.25, 0.3) is 0 Å². The van der Waals surface area contributed by atoms with Gasteiger partial charge in [0.05, 0.1) is 10.4 Å². The molecule has 0 aliphatic carbocycles. The summed E-state index contributed by atoms with van der Waals surface area (Å²) >= 11 is 7.72. The van der Waals surface area contributed by atoms with Gasteiger partial charge in [0.2, 0.25) is 0 Å². The molecule has 1 N–H and O–H groups in total. The van der Waals surface area contributed by atoms with Gasteiger partial charge in [0.1, 0.15) is 0 Å². The molecule has 0 radical (unpaired) electrons. The van der Waals surface area contributed by atoms with E-state index < -0.39 is 0 Å². The van der Waals surface area contributed by atoms with E-state index in [0.29, 0.717) is 12.1 Å². The van der Waals surface area contributed by atoms with Crippen molar-refractivity contribution in [2.75, 3.05) is 13.2 Å². The zero-order chi connectivity index (χ0) is 12.8. The fourth-order valence-electron chi connectivity index (χ4n) is 2.39. The topological polar surface area (TPSA) is 21.3 Å². The molecule has 0 saturated carbocycles. The van der Waals surface area contributed by atoms with Gasteiger partial charge < -0.3 is 10.1 Å². The van der Waals surface area contributed by atoms with E-state index in [9.17, 15) is 0 Å². The Kier molecular flexibility index (Phi) is 5.96. The average molecular weight is 288 g/mol. The lowest BCUT2D eigenvalue weighted by atomic mass is 10.0. The van der Waals surface area contributed by atoms with Crippen LogP contribution in [0.3, 0.4) is 0 Å². The molecular formula is C14H22ClNOS. The second-order valence-corrected chi connectivity index (χ2v) is 6.62. The Hall–Kier alpha value is -0.0900. The molecule has 2 atom stereocenters. The predicted molar refractivity (Wildman–Crippen MR) is 78.6 cm³/mol. The van der Waals surface area contributed by atoms with Crippen LogP contribution in [0.2, 0.25) is 4.34 Å². The second kappa shape index (κ2) is 7.49. The van der Waals surface area contributed by atoms with Gasteiger partial charge in [-0.1, -0.05) is 18.5 Å². The number of thiophene rings is 1. The van der Waals surface area contributed by atoms with Crippen molar-refractivity contribution in [3.8, 4) is 0 Å². The highest BCUT2D eigenvalue weighted by atomic mass is 35.5. The lowest BCUT2D eigenvalue weighted by molar-refractivity contribution is 0.00526. The molecule has 1 fully saturated rings. The van der Waals surface area contributed by atoms with Gasteiger partial charge in [-0.25, -0.2) is 0 Å². The molecule has 1 aliphatic rings. The standard InChI is InChI=1S/C14H22ClNOS/c1-2-8-16-12(13-6-7-14(15)18-13)10-11-5-3-4-9-17-11/h6-7,11-12,16H,2-5,8-10H2,1H3. The maximum Gasteiger partial charge on any atom is 0.0931 e. The van der Waals surface area contributed by atoms with Gasteiger partial charge in [-0.2, -0.15) is 0 Å². The predicted octanol–water partition coefficient (Wildman–Crippen LogP) is 4.40. The molecule has 0 aromatic carbocycles. The molecule has 1 aliphatic heterocycles. The number of rotatable bonds is 6. The Labute approximate surface area is 119 Å². The van der Waals surface area contributed by atoms with Crippen molar-refractivity contribution in [1.82, 2.24) is 5.32 Å². The summed E-state index contributed by atoms with van der Waals surface area (Å²) in [5, 5.41) is 3.62. The Balaban J connectivity index is 1.95. The van der Waals surface area contributed by atoms with Crippen LogP contribution in [0.15, 0.2) is 12.1 Å². The molecule has 0 amide bonds. The highest BCUT2D eigenvalue weighted by Crippen LogP contribution is 2.31. The quantitative estimate of drug-likeness (QED) is 0.837. The van der Waals surface area contributed by atoms with Crippen LogP contribution < -0.4 is 5.32 Å². The maximum absolute atomic E-state index is 6.04. The first-order valence-corrected chi connectivity index (χ1v) is 8.09. The third-order valence-electron chi connectivity index (χ3n) is 3.35. The zero-order valence-corrected chi connectivity index (χ0v) is 12.5. The van der Waals surface area contributed by atoms with E-state index in [1.807, 2.05) is 6.07 Å². The van der Waals surface area contributed by atoms with Crippen molar-refractivity contribution in [2.45, 2.75) is 51.2 Å². The van der Waals surface area contributed by atoms with Crippen LogP contribution in [0, 0.1) is 0 Å². The molecular weight excluding hydrogens is 266 g/mol. The van der Waals surface area contributed by atoms with E-state index >= 15 is 0 Å². The van der Waals surface area contributed by atoms with E-state index in [4.69, 9.17) is 16.3 Å². The molecule has 0 spiro atoms. The number of halogens is 1. The summed E-state index contributed by atoms with van der Waals surface area (Å²) in [6, 6.07) is 4.53. The molecule has 1 saturated heterocycles. The summed E-state index contributed by atoms with van der Waals surface area (Å²) in [7, 11) is 0. The molecule has 4 heteroatoms. The van der Waals surface area contributed by atoms with Gasteiger partial charge in [-0.3, -0.25) is 0 Å². The summed E-state index contributed by atoms with van der Waals surface area (Å²) in [6.07, 6.45) is 6.35. The maximum atomic E-state index is 6.04. The molecule has 1 aromatic heterocycles. The minimum absolute atomic E-state index is 0.394. The molecule has 2 unspecified atom stereocenters. The normalized spacial score (nSPS) is 22.0. The highest BCUT2D eigenvalue weighted by Gasteiger charge is 2.21. The van der Waals surface area contributed by atoms with E-state index in [0.717, 1.165) is 30.3 Å². The van der Waals surface area contributed by atoms with E-state index in [2.05, 4.69) is 18.3 Å². The largest absolute Gasteiger partial charge is 0.378 e. The summed E-state index contributed by atoms with van der Waals surface area (Å²) in [6.45, 7) is 4.17. The number of hydrogen-bond donors (Lipinski definition) is 1. The number of nitrogens with one attached hydrogen (secondary N) is 1. The molecule has 0 bridgehead atoms. The van der Waals surface area contributed by atoms with Crippen molar-refractivity contribution in [2.24, 2.45) is 0 Å². The Bertz CT molecular complexity index is 349. The lowest BCUT2D eigenvalue weighted by Crippen LogP contribution is -2.28. The Morgan fingerprint density at radius 1 is 1.50 bits per heavy atom. The van der Waals surface area contributed by atoms with E-state index in [-0.39, 0.29) is 0 Å². The van der Waals surface area contributed by atoms with Crippen molar-refractivity contribution >= 4 is 22.9 Å². The summed E-state index contributed by atoms with van der Waals surface area (Å²) in [5.41, 5.74) is 0. The van der Waals surface area contributed by atoms with Crippen molar-refractivity contribution in [3.05, 3.63) is 21.3 Å². The van der Waals surface area contributed by atoms with Crippen molar-refractivity contribution in [1.29, 1.82) is 0 Å². The first-order valence-electron chi connectivity index (χ1n) is 6.90. The fourth-order valence-corrected chi connectivity index (χ4v) is 3.54. The summed E-state index contributed by atoms with van der Waals surface area (Å²) in [4.78, 5) is 1.34. The SMILES string of the molecule is CCCNC(CC1CCCCO1)c1ccc(Cl)s1. The zero-order valence-electron chi connectivity index (χ0n) is 11.0. The molecule has 1 aromatic rings. The van der Waals surface area contributed by atoms with Gasteiger partial charge in [0.25, 0.3) is 0 Å². The van der Waals surface area contributed by atoms with Crippen molar-refractivity contribution < 1.29 is 4.74 Å². The van der Waals surface area contributed by atoms with Gasteiger partial charge in [0, 0.05) is 17.5 Å². The molecule has 2 heterocycles. The Morgan fingerprint density at radius 2 is 2.39 bits per heavy atom. The first-order chi connectivity index (χ1) is 8.79. The second-order valence-electron chi connectivity index (χ2n) is 4.87. The average Bonchev–Trinajstić information content (AvgIpc) is 2.82. The fraction of sp³-hybridized carbons (Fsp3) is 0.714. The summed E-state index contributed by atoms with van der Waals surface area (Å²) in [5.74, 6) is 0. The van der Waals surface area contributed by atoms with Gasteiger partial charge in [0.15, 0.2) is 0 Å². The lowest BCUT2D eigenvalue weighted by Gasteiger charge is -2.27. The third kappa shape index (κ3) is 4.23. The number of ether oxygens (including phenoxy) is 1. The van der Waals surface area contributed by atoms with E-state index in [1.165, 1.54) is 24.1 Å². The van der Waals surface area contributed by atoms with Crippen LogP contribution in [0.4, 0.5) is 0 Å². The summed E-state index contributed by atoms with van der Waals surface area (Å²) < 4.78 is 6.72. The minimum Gasteiger partial charge on any atom is -0.378 e. The molecule has 2 nitrogen and oxygen atoms in total. The minimum atomic E-state index is 0.394.